The third-order valence-corrected chi connectivity index (χ3v) is 4.78. The van der Waals surface area contributed by atoms with Crippen molar-refractivity contribution in [2.45, 2.75) is 25.0 Å². The highest BCUT2D eigenvalue weighted by Crippen LogP contribution is 2.23. The Kier molecular flexibility index (Phi) is 5.81. The van der Waals surface area contributed by atoms with Gasteiger partial charge in [-0.15, -0.1) is 0 Å². The first kappa shape index (κ1) is 19.0. The van der Waals surface area contributed by atoms with Crippen LogP contribution in [0, 0.1) is 0 Å². The van der Waals surface area contributed by atoms with Crippen LogP contribution in [0.3, 0.4) is 0 Å². The SMILES string of the molecule is COc1cccc(-n2c(SCC(=O)NC(C)C)nc3ccccc3c2=O)c1. The molecule has 27 heavy (non-hydrogen) atoms. The Morgan fingerprint density at radius 3 is 2.74 bits per heavy atom. The van der Waals surface area contributed by atoms with Gasteiger partial charge in [0, 0.05) is 12.1 Å². The van der Waals surface area contributed by atoms with Crippen molar-refractivity contribution < 1.29 is 9.53 Å². The minimum atomic E-state index is -0.180. The molecular weight excluding hydrogens is 362 g/mol. The van der Waals surface area contributed by atoms with Gasteiger partial charge in [-0.3, -0.25) is 14.2 Å². The maximum absolute atomic E-state index is 13.1. The number of benzene rings is 2. The molecule has 2 aromatic carbocycles. The standard InChI is InChI=1S/C20H21N3O3S/c1-13(2)21-18(24)12-27-20-22-17-10-5-4-9-16(17)19(25)23(20)14-7-6-8-15(11-14)26-3/h4-11,13H,12H2,1-3H3,(H,21,24). The van der Waals surface area contributed by atoms with Crippen molar-refractivity contribution in [2.24, 2.45) is 0 Å². The monoisotopic (exact) mass is 383 g/mol. The number of fused-ring (bicyclic) bond motifs is 1. The van der Waals surface area contributed by atoms with Crippen LogP contribution in [0.5, 0.6) is 5.75 Å². The largest absolute Gasteiger partial charge is 0.497 e. The minimum absolute atomic E-state index is 0.0586. The summed E-state index contributed by atoms with van der Waals surface area (Å²) in [5, 5.41) is 3.84. The second kappa shape index (κ2) is 8.26. The fourth-order valence-corrected chi connectivity index (χ4v) is 3.50. The molecule has 1 N–H and O–H groups in total. The van der Waals surface area contributed by atoms with Crippen LogP contribution in [0.15, 0.2) is 58.5 Å². The molecule has 0 saturated carbocycles. The van der Waals surface area contributed by atoms with Gasteiger partial charge in [0.1, 0.15) is 5.75 Å². The second-order valence-corrected chi connectivity index (χ2v) is 7.21. The van der Waals surface area contributed by atoms with Gasteiger partial charge >= 0.3 is 0 Å². The van der Waals surface area contributed by atoms with Crippen molar-refractivity contribution in [3.05, 3.63) is 58.9 Å². The van der Waals surface area contributed by atoms with E-state index in [9.17, 15) is 9.59 Å². The molecule has 0 aliphatic rings. The molecule has 1 aromatic heterocycles. The van der Waals surface area contributed by atoms with E-state index in [0.29, 0.717) is 27.5 Å². The number of hydrogen-bond acceptors (Lipinski definition) is 5. The highest BCUT2D eigenvalue weighted by Gasteiger charge is 2.15. The lowest BCUT2D eigenvalue weighted by molar-refractivity contribution is -0.119. The molecular formula is C20H21N3O3S. The lowest BCUT2D eigenvalue weighted by Gasteiger charge is -2.14. The number of rotatable bonds is 6. The summed E-state index contributed by atoms with van der Waals surface area (Å²) in [4.78, 5) is 29.8. The second-order valence-electron chi connectivity index (χ2n) is 6.26. The van der Waals surface area contributed by atoms with E-state index >= 15 is 0 Å². The van der Waals surface area contributed by atoms with Gasteiger partial charge in [-0.05, 0) is 38.1 Å². The lowest BCUT2D eigenvalue weighted by Crippen LogP contribution is -2.32. The number of amides is 1. The number of carbonyl (C=O) groups is 1. The Hall–Kier alpha value is -2.80. The summed E-state index contributed by atoms with van der Waals surface area (Å²) in [6, 6.07) is 14.5. The van der Waals surface area contributed by atoms with Crippen molar-refractivity contribution in [1.29, 1.82) is 0 Å². The molecule has 0 radical (unpaired) electrons. The van der Waals surface area contributed by atoms with E-state index in [0.717, 1.165) is 0 Å². The Balaban J connectivity index is 2.09. The average Bonchev–Trinajstić information content (AvgIpc) is 2.66. The molecule has 1 amide bonds. The first-order chi connectivity index (χ1) is 13.0. The van der Waals surface area contributed by atoms with Crippen LogP contribution in [0.2, 0.25) is 0 Å². The van der Waals surface area contributed by atoms with Crippen molar-refractivity contribution in [2.75, 3.05) is 12.9 Å². The molecule has 6 nitrogen and oxygen atoms in total. The third-order valence-electron chi connectivity index (χ3n) is 3.84. The van der Waals surface area contributed by atoms with Crippen LogP contribution in [0.1, 0.15) is 13.8 Å². The molecule has 0 unspecified atom stereocenters. The molecule has 1 heterocycles. The van der Waals surface area contributed by atoms with Crippen LogP contribution in [-0.2, 0) is 4.79 Å². The van der Waals surface area contributed by atoms with Gasteiger partial charge < -0.3 is 10.1 Å². The quantitative estimate of drug-likeness (QED) is 0.523. The normalized spacial score (nSPS) is 11.0. The first-order valence-corrected chi connectivity index (χ1v) is 9.56. The molecule has 0 spiro atoms. The number of nitrogens with one attached hydrogen (secondary N) is 1. The minimum Gasteiger partial charge on any atom is -0.497 e. The number of methoxy groups -OCH3 is 1. The van der Waals surface area contributed by atoms with Crippen LogP contribution >= 0.6 is 11.8 Å². The third kappa shape index (κ3) is 4.31. The predicted molar refractivity (Wildman–Crippen MR) is 108 cm³/mol. The summed E-state index contributed by atoms with van der Waals surface area (Å²) in [6.07, 6.45) is 0. The summed E-state index contributed by atoms with van der Waals surface area (Å²) in [5.41, 5.74) is 1.07. The van der Waals surface area contributed by atoms with Crippen molar-refractivity contribution in [3.63, 3.8) is 0 Å². The van der Waals surface area contributed by atoms with Gasteiger partial charge in [-0.1, -0.05) is 30.0 Å². The van der Waals surface area contributed by atoms with Gasteiger partial charge in [0.15, 0.2) is 5.16 Å². The summed E-state index contributed by atoms with van der Waals surface area (Å²) in [7, 11) is 1.58. The Morgan fingerprint density at radius 1 is 1.22 bits per heavy atom. The number of aromatic nitrogens is 2. The van der Waals surface area contributed by atoms with Gasteiger partial charge in [0.25, 0.3) is 5.56 Å². The van der Waals surface area contributed by atoms with Crippen LogP contribution in [0.25, 0.3) is 16.6 Å². The average molecular weight is 383 g/mol. The van der Waals surface area contributed by atoms with Gasteiger partial charge in [-0.25, -0.2) is 4.98 Å². The van der Waals surface area contributed by atoms with Crippen LogP contribution < -0.4 is 15.6 Å². The number of thioether (sulfide) groups is 1. The van der Waals surface area contributed by atoms with E-state index in [4.69, 9.17) is 4.74 Å². The van der Waals surface area contributed by atoms with E-state index in [1.165, 1.54) is 16.3 Å². The van der Waals surface area contributed by atoms with Gasteiger partial charge in [-0.2, -0.15) is 0 Å². The number of hydrogen-bond donors (Lipinski definition) is 1. The lowest BCUT2D eigenvalue weighted by atomic mass is 10.2. The molecule has 3 aromatic rings. The van der Waals surface area contributed by atoms with Crippen LogP contribution in [-0.4, -0.2) is 34.4 Å². The molecule has 0 aliphatic carbocycles. The topological polar surface area (TPSA) is 73.2 Å². The van der Waals surface area contributed by atoms with Crippen molar-refractivity contribution >= 4 is 28.6 Å². The molecule has 0 fully saturated rings. The zero-order valence-corrected chi connectivity index (χ0v) is 16.2. The molecule has 0 atom stereocenters. The molecule has 0 aliphatic heterocycles. The number of ether oxygens (including phenoxy) is 1. The highest BCUT2D eigenvalue weighted by molar-refractivity contribution is 7.99. The first-order valence-electron chi connectivity index (χ1n) is 8.58. The zero-order valence-electron chi connectivity index (χ0n) is 15.4. The summed E-state index contributed by atoms with van der Waals surface area (Å²) in [6.45, 7) is 3.81. The summed E-state index contributed by atoms with van der Waals surface area (Å²) in [5.74, 6) is 0.711. The smallest absolute Gasteiger partial charge is 0.266 e. The number of para-hydroxylation sites is 1. The Bertz CT molecular complexity index is 1030. The highest BCUT2D eigenvalue weighted by atomic mass is 32.2. The Labute approximate surface area is 161 Å². The number of nitrogens with zero attached hydrogens (tertiary/aromatic N) is 2. The molecule has 7 heteroatoms. The predicted octanol–water partition coefficient (Wildman–Crippen LogP) is 3.01. The fraction of sp³-hybridized carbons (Fsp3) is 0.250. The van der Waals surface area contributed by atoms with E-state index < -0.39 is 0 Å². The van der Waals surface area contributed by atoms with E-state index in [1.54, 1.807) is 25.3 Å². The van der Waals surface area contributed by atoms with E-state index in [-0.39, 0.29) is 23.3 Å². The van der Waals surface area contributed by atoms with Crippen molar-refractivity contribution in [3.8, 4) is 11.4 Å². The zero-order chi connectivity index (χ0) is 19.4. The molecule has 0 saturated heterocycles. The molecule has 140 valence electrons. The molecule has 0 bridgehead atoms. The number of carbonyl (C=O) groups excluding carboxylic acids is 1. The maximum Gasteiger partial charge on any atom is 0.266 e. The van der Waals surface area contributed by atoms with Crippen LogP contribution in [0.4, 0.5) is 0 Å². The Morgan fingerprint density at radius 2 is 2.00 bits per heavy atom. The maximum atomic E-state index is 13.1. The van der Waals surface area contributed by atoms with Crippen molar-refractivity contribution in [1.82, 2.24) is 14.9 Å². The van der Waals surface area contributed by atoms with E-state index in [1.807, 2.05) is 44.2 Å². The van der Waals surface area contributed by atoms with E-state index in [2.05, 4.69) is 10.3 Å². The summed E-state index contributed by atoms with van der Waals surface area (Å²) < 4.78 is 6.80. The fourth-order valence-electron chi connectivity index (χ4n) is 2.68. The van der Waals surface area contributed by atoms with Gasteiger partial charge in [0.2, 0.25) is 5.91 Å². The molecule has 3 rings (SSSR count). The van der Waals surface area contributed by atoms with Gasteiger partial charge in [0.05, 0.1) is 29.5 Å². The summed E-state index contributed by atoms with van der Waals surface area (Å²) >= 11 is 1.23.